The van der Waals surface area contributed by atoms with Gasteiger partial charge < -0.3 is 20.6 Å². The fourth-order valence-electron chi connectivity index (χ4n) is 2.61. The summed E-state index contributed by atoms with van der Waals surface area (Å²) in [5.41, 5.74) is -0.804. The molecule has 7 nitrogen and oxygen atoms in total. The highest BCUT2D eigenvalue weighted by Crippen LogP contribution is 2.28. The number of amides is 2. The van der Waals surface area contributed by atoms with Gasteiger partial charge in [0.2, 0.25) is 0 Å². The third-order valence-corrected chi connectivity index (χ3v) is 4.16. The summed E-state index contributed by atoms with van der Waals surface area (Å²) in [6.45, 7) is 1.66. The van der Waals surface area contributed by atoms with Crippen molar-refractivity contribution < 1.29 is 27.9 Å². The maximum atomic E-state index is 12.4. The number of piperidine rings is 1. The van der Waals surface area contributed by atoms with Crippen LogP contribution >= 0.6 is 0 Å². The van der Waals surface area contributed by atoms with Crippen molar-refractivity contribution >= 4 is 17.8 Å². The van der Waals surface area contributed by atoms with Crippen molar-refractivity contribution in [2.24, 2.45) is 5.92 Å². The van der Waals surface area contributed by atoms with Crippen LogP contribution in [0, 0.1) is 5.92 Å². The van der Waals surface area contributed by atoms with E-state index in [9.17, 15) is 22.8 Å². The third-order valence-electron chi connectivity index (χ3n) is 4.16. The monoisotopic (exact) mass is 374 g/mol. The Hall–Kier alpha value is -2.52. The van der Waals surface area contributed by atoms with Crippen LogP contribution in [0.3, 0.4) is 0 Å². The lowest BCUT2D eigenvalue weighted by atomic mass is 9.97. The van der Waals surface area contributed by atoms with Crippen molar-refractivity contribution in [3.63, 3.8) is 0 Å². The highest BCUT2D eigenvalue weighted by Gasteiger charge is 2.30. The van der Waals surface area contributed by atoms with E-state index in [4.69, 9.17) is 5.11 Å². The highest BCUT2D eigenvalue weighted by atomic mass is 19.4. The molecule has 0 aliphatic carbocycles. The number of alkyl halides is 3. The molecule has 2 amide bonds. The number of carboxylic acid groups (broad SMARTS) is 1. The first kappa shape index (κ1) is 19.8. The van der Waals surface area contributed by atoms with E-state index in [1.54, 1.807) is 4.90 Å². The molecule has 1 aliphatic heterocycles. The van der Waals surface area contributed by atoms with Crippen LogP contribution in [0.1, 0.15) is 24.8 Å². The van der Waals surface area contributed by atoms with Crippen LogP contribution in [0.4, 0.5) is 23.8 Å². The van der Waals surface area contributed by atoms with Gasteiger partial charge in [0.15, 0.2) is 0 Å². The van der Waals surface area contributed by atoms with E-state index in [2.05, 4.69) is 15.6 Å². The number of likely N-dealkylation sites (tertiary alicyclic amines) is 1. The number of nitrogens with one attached hydrogen (secondary N) is 2. The molecule has 0 unspecified atom stereocenters. The third kappa shape index (κ3) is 5.78. The van der Waals surface area contributed by atoms with Crippen LogP contribution in [-0.4, -0.2) is 53.2 Å². The lowest BCUT2D eigenvalue weighted by Crippen LogP contribution is -2.45. The minimum atomic E-state index is -4.41. The molecule has 0 bridgehead atoms. The van der Waals surface area contributed by atoms with E-state index in [1.165, 1.54) is 6.07 Å². The second-order valence-electron chi connectivity index (χ2n) is 6.04. The fourth-order valence-corrected chi connectivity index (χ4v) is 2.61. The molecule has 1 saturated heterocycles. The normalized spacial score (nSPS) is 15.6. The number of carbonyl (C=O) groups excluding carboxylic acids is 1. The molecule has 3 N–H and O–H groups in total. The van der Waals surface area contributed by atoms with Gasteiger partial charge >= 0.3 is 18.2 Å². The van der Waals surface area contributed by atoms with Gasteiger partial charge in [0, 0.05) is 32.4 Å². The van der Waals surface area contributed by atoms with Gasteiger partial charge in [-0.2, -0.15) is 13.2 Å². The van der Waals surface area contributed by atoms with Gasteiger partial charge in [-0.3, -0.25) is 4.79 Å². The Bertz CT molecular complexity index is 614. The fraction of sp³-hybridized carbons (Fsp3) is 0.562. The summed E-state index contributed by atoms with van der Waals surface area (Å²) < 4.78 is 37.3. The summed E-state index contributed by atoms with van der Waals surface area (Å²) in [4.78, 5) is 28.1. The maximum absolute atomic E-state index is 12.4. The Labute approximate surface area is 148 Å². The van der Waals surface area contributed by atoms with Crippen LogP contribution < -0.4 is 10.6 Å². The Morgan fingerprint density at radius 1 is 1.23 bits per heavy atom. The summed E-state index contributed by atoms with van der Waals surface area (Å²) >= 11 is 0. The Morgan fingerprint density at radius 2 is 1.92 bits per heavy atom. The molecule has 26 heavy (non-hydrogen) atoms. The van der Waals surface area contributed by atoms with E-state index in [0.29, 0.717) is 51.3 Å². The smallest absolute Gasteiger partial charge is 0.417 e. The summed E-state index contributed by atoms with van der Waals surface area (Å²) in [5.74, 6) is -0.882. The summed E-state index contributed by atoms with van der Waals surface area (Å²) in [7, 11) is 0. The van der Waals surface area contributed by atoms with Gasteiger partial charge in [0.05, 0.1) is 11.5 Å². The number of rotatable bonds is 6. The van der Waals surface area contributed by atoms with E-state index < -0.39 is 17.7 Å². The molecule has 2 heterocycles. The number of nitrogens with zero attached hydrogens (tertiary/aromatic N) is 2. The van der Waals surface area contributed by atoms with E-state index in [-0.39, 0.29) is 11.9 Å². The molecular weight excluding hydrogens is 353 g/mol. The summed E-state index contributed by atoms with van der Waals surface area (Å²) in [6.07, 6.45) is -2.17. The maximum Gasteiger partial charge on any atom is 0.417 e. The predicted octanol–water partition coefficient (Wildman–Crippen LogP) is 2.41. The first-order valence-electron chi connectivity index (χ1n) is 8.30. The number of hydrogen-bond acceptors (Lipinski definition) is 4. The minimum Gasteiger partial charge on any atom is -0.481 e. The van der Waals surface area contributed by atoms with Gasteiger partial charge in [-0.05, 0) is 31.4 Å². The number of aliphatic carboxylic acids is 1. The minimum absolute atomic E-state index is 0.235. The van der Waals surface area contributed by atoms with Gasteiger partial charge in [0.25, 0.3) is 0 Å². The number of urea groups is 1. The van der Waals surface area contributed by atoms with Crippen molar-refractivity contribution in [1.29, 1.82) is 0 Å². The van der Waals surface area contributed by atoms with Crippen LogP contribution in [0.2, 0.25) is 0 Å². The van der Waals surface area contributed by atoms with Gasteiger partial charge in [0.1, 0.15) is 5.82 Å². The molecule has 0 saturated carbocycles. The number of anilines is 1. The number of pyridine rings is 1. The zero-order valence-corrected chi connectivity index (χ0v) is 14.1. The number of aromatic nitrogens is 1. The Morgan fingerprint density at radius 3 is 2.46 bits per heavy atom. The summed E-state index contributed by atoms with van der Waals surface area (Å²) in [6, 6.07) is 1.98. The second-order valence-corrected chi connectivity index (χ2v) is 6.04. The molecule has 0 spiro atoms. The molecule has 1 aliphatic rings. The largest absolute Gasteiger partial charge is 0.481 e. The number of halogens is 3. The topological polar surface area (TPSA) is 94.6 Å². The average Bonchev–Trinajstić information content (AvgIpc) is 2.61. The van der Waals surface area contributed by atoms with Crippen LogP contribution in [0.15, 0.2) is 18.3 Å². The van der Waals surface area contributed by atoms with E-state index in [0.717, 1.165) is 12.3 Å². The van der Waals surface area contributed by atoms with E-state index >= 15 is 0 Å². The molecule has 0 aromatic carbocycles. The highest BCUT2D eigenvalue weighted by molar-refractivity contribution is 5.75. The van der Waals surface area contributed by atoms with Crippen LogP contribution in [0.5, 0.6) is 0 Å². The first-order valence-corrected chi connectivity index (χ1v) is 8.30. The zero-order valence-electron chi connectivity index (χ0n) is 14.1. The molecule has 1 aromatic rings. The van der Waals surface area contributed by atoms with Crippen molar-refractivity contribution in [2.45, 2.75) is 25.4 Å². The lowest BCUT2D eigenvalue weighted by molar-refractivity contribution is -0.143. The van der Waals surface area contributed by atoms with Gasteiger partial charge in [-0.25, -0.2) is 9.78 Å². The summed E-state index contributed by atoms with van der Waals surface area (Å²) in [5, 5.41) is 14.6. The number of carbonyl (C=O) groups is 2. The van der Waals surface area contributed by atoms with Crippen molar-refractivity contribution in [2.75, 3.05) is 31.5 Å². The molecule has 144 valence electrons. The second kappa shape index (κ2) is 8.72. The number of hydrogen-bond donors (Lipinski definition) is 3. The molecule has 1 fully saturated rings. The molecule has 2 rings (SSSR count). The molecule has 0 atom stereocenters. The predicted molar refractivity (Wildman–Crippen MR) is 87.7 cm³/mol. The molecule has 1 aromatic heterocycles. The van der Waals surface area contributed by atoms with Crippen LogP contribution in [0.25, 0.3) is 0 Å². The van der Waals surface area contributed by atoms with Crippen LogP contribution in [-0.2, 0) is 11.0 Å². The zero-order chi connectivity index (χ0) is 19.2. The standard InChI is InChI=1S/C16H21F3N4O3/c17-16(18,19)12-2-3-13(22-10-12)20-6-1-7-21-15(26)23-8-4-11(5-9-23)14(24)25/h2-3,10-11H,1,4-9H2,(H,20,22)(H,21,26)(H,24,25). The van der Waals surface area contributed by atoms with Gasteiger partial charge in [-0.1, -0.05) is 0 Å². The Kier molecular flexibility index (Phi) is 6.64. The molecule has 0 radical (unpaired) electrons. The van der Waals surface area contributed by atoms with E-state index in [1.807, 2.05) is 0 Å². The Balaban J connectivity index is 1.62. The van der Waals surface area contributed by atoms with Crippen molar-refractivity contribution in [1.82, 2.24) is 15.2 Å². The number of carboxylic acids is 1. The first-order chi connectivity index (χ1) is 12.3. The average molecular weight is 374 g/mol. The SMILES string of the molecule is O=C(O)C1CCN(C(=O)NCCCNc2ccc(C(F)(F)F)cn2)CC1. The lowest BCUT2D eigenvalue weighted by Gasteiger charge is -2.30. The molecular formula is C16H21F3N4O3. The van der Waals surface area contributed by atoms with Gasteiger partial charge in [-0.15, -0.1) is 0 Å². The van der Waals surface area contributed by atoms with Crippen molar-refractivity contribution in [3.8, 4) is 0 Å². The molecule has 10 heteroatoms. The van der Waals surface area contributed by atoms with Crippen molar-refractivity contribution in [3.05, 3.63) is 23.9 Å². The quantitative estimate of drug-likeness (QED) is 0.665.